The molecule has 2 N–H and O–H groups in total. The number of benzene rings is 2. The average Bonchev–Trinajstić information content (AvgIpc) is 3.17. The molecular weight excluding hydrogens is 400 g/mol. The predicted octanol–water partition coefficient (Wildman–Crippen LogP) is 4.50. The molecule has 6 nitrogen and oxygen atoms in total. The van der Waals surface area contributed by atoms with Gasteiger partial charge < -0.3 is 19.9 Å². The number of halogens is 1. The molecule has 2 aromatic carbocycles. The van der Waals surface area contributed by atoms with E-state index in [1.807, 2.05) is 37.3 Å². The Morgan fingerprint density at radius 2 is 2.03 bits per heavy atom. The van der Waals surface area contributed by atoms with Gasteiger partial charge in [-0.15, -0.1) is 0 Å². The highest BCUT2D eigenvalue weighted by Crippen LogP contribution is 2.31. The largest absolute Gasteiger partial charge is 0.493 e. The summed E-state index contributed by atoms with van der Waals surface area (Å²) in [6.45, 7) is 6.22. The number of aromatic nitrogens is 2. The Morgan fingerprint density at radius 3 is 2.83 bits per heavy atom. The Morgan fingerprint density at radius 1 is 1.20 bits per heavy atom. The van der Waals surface area contributed by atoms with Crippen molar-refractivity contribution < 1.29 is 9.53 Å². The number of carbonyl (C=O) groups is 1. The number of H-pyrrole nitrogens is 1. The van der Waals surface area contributed by atoms with Crippen LogP contribution in [-0.4, -0.2) is 53.6 Å². The van der Waals surface area contributed by atoms with E-state index in [0.717, 1.165) is 36.2 Å². The Kier molecular flexibility index (Phi) is 6.55. The van der Waals surface area contributed by atoms with E-state index in [4.69, 9.17) is 16.3 Å². The third-order valence-corrected chi connectivity index (χ3v) is 5.64. The van der Waals surface area contributed by atoms with Crippen molar-refractivity contribution in [1.82, 2.24) is 20.2 Å². The van der Waals surface area contributed by atoms with Crippen LogP contribution < -0.4 is 10.1 Å². The second-order valence-electron chi connectivity index (χ2n) is 7.55. The average molecular weight is 427 g/mol. The van der Waals surface area contributed by atoms with Gasteiger partial charge in [0.15, 0.2) is 0 Å². The number of fused-ring (bicyclic) bond motifs is 1. The maximum Gasteiger partial charge on any atom is 0.251 e. The van der Waals surface area contributed by atoms with E-state index < -0.39 is 0 Å². The van der Waals surface area contributed by atoms with Gasteiger partial charge in [0.05, 0.1) is 23.2 Å². The molecule has 0 atom stereocenters. The van der Waals surface area contributed by atoms with E-state index in [9.17, 15) is 4.79 Å². The third-order valence-electron chi connectivity index (χ3n) is 5.40. The Balaban J connectivity index is 1.49. The van der Waals surface area contributed by atoms with Gasteiger partial charge in [-0.05, 0) is 69.3 Å². The first kappa shape index (κ1) is 20.7. The number of rotatable bonds is 7. The number of piperidine rings is 1. The topological polar surface area (TPSA) is 70.2 Å². The van der Waals surface area contributed by atoms with Crippen molar-refractivity contribution in [2.45, 2.75) is 26.2 Å². The molecule has 1 saturated heterocycles. The van der Waals surface area contributed by atoms with Crippen molar-refractivity contribution in [1.29, 1.82) is 0 Å². The van der Waals surface area contributed by atoms with Crippen LogP contribution >= 0.6 is 11.6 Å². The molecule has 1 amide bonds. The molecule has 0 bridgehead atoms. The fraction of sp³-hybridized carbons (Fsp3) is 0.391. The summed E-state index contributed by atoms with van der Waals surface area (Å²) in [5.74, 6) is 1.23. The van der Waals surface area contributed by atoms with Crippen LogP contribution in [0.3, 0.4) is 0 Å². The van der Waals surface area contributed by atoms with E-state index in [1.54, 1.807) is 6.07 Å². The SMILES string of the molecule is CCOc1cc(C(=O)NCCN2CCCCC2)ccc1-c1nc2ccc(Cl)cc2[nH]1. The first-order valence-electron chi connectivity index (χ1n) is 10.6. The minimum Gasteiger partial charge on any atom is -0.493 e. The first-order chi connectivity index (χ1) is 14.6. The van der Waals surface area contributed by atoms with E-state index in [1.165, 1.54) is 19.3 Å². The summed E-state index contributed by atoms with van der Waals surface area (Å²) < 4.78 is 5.83. The fourth-order valence-corrected chi connectivity index (χ4v) is 4.03. The number of nitrogens with zero attached hydrogens (tertiary/aromatic N) is 2. The van der Waals surface area contributed by atoms with Gasteiger partial charge in [0.25, 0.3) is 5.91 Å². The molecule has 1 aliphatic rings. The molecule has 0 saturated carbocycles. The molecule has 0 aliphatic carbocycles. The van der Waals surface area contributed by atoms with E-state index >= 15 is 0 Å². The minimum atomic E-state index is -0.0871. The number of carbonyl (C=O) groups excluding carboxylic acids is 1. The first-order valence-corrected chi connectivity index (χ1v) is 10.9. The Bertz CT molecular complexity index is 1030. The molecule has 158 valence electrons. The lowest BCUT2D eigenvalue weighted by atomic mass is 10.1. The molecule has 1 fully saturated rings. The predicted molar refractivity (Wildman–Crippen MR) is 120 cm³/mol. The monoisotopic (exact) mass is 426 g/mol. The maximum atomic E-state index is 12.6. The van der Waals surface area contributed by atoms with E-state index in [0.29, 0.717) is 35.3 Å². The molecule has 2 heterocycles. The summed E-state index contributed by atoms with van der Waals surface area (Å²) in [5, 5.41) is 3.68. The van der Waals surface area contributed by atoms with Gasteiger partial charge >= 0.3 is 0 Å². The molecule has 3 aromatic rings. The smallest absolute Gasteiger partial charge is 0.251 e. The number of likely N-dealkylation sites (tertiary alicyclic amines) is 1. The van der Waals surface area contributed by atoms with Crippen LogP contribution in [0.15, 0.2) is 36.4 Å². The lowest BCUT2D eigenvalue weighted by Crippen LogP contribution is -2.37. The summed E-state index contributed by atoms with van der Waals surface area (Å²) in [5.41, 5.74) is 3.09. The van der Waals surface area contributed by atoms with Gasteiger partial charge in [-0.3, -0.25) is 4.79 Å². The van der Waals surface area contributed by atoms with Crippen LogP contribution in [-0.2, 0) is 0 Å². The van der Waals surface area contributed by atoms with Gasteiger partial charge in [-0.25, -0.2) is 4.98 Å². The van der Waals surface area contributed by atoms with Crippen molar-refractivity contribution in [3.8, 4) is 17.1 Å². The Labute approximate surface area is 181 Å². The minimum absolute atomic E-state index is 0.0871. The molecule has 1 aliphatic heterocycles. The van der Waals surface area contributed by atoms with Crippen LogP contribution in [0, 0.1) is 0 Å². The number of aromatic amines is 1. The number of nitrogens with one attached hydrogen (secondary N) is 2. The normalized spacial score (nSPS) is 14.7. The standard InChI is InChI=1S/C23H27ClN4O2/c1-2-30-21-14-16(23(29)25-10-13-28-11-4-3-5-12-28)6-8-18(21)22-26-19-9-7-17(24)15-20(19)27-22/h6-9,14-15H,2-5,10-13H2,1H3,(H,25,29)(H,26,27). The van der Waals surface area contributed by atoms with Crippen LogP contribution in [0.2, 0.25) is 5.02 Å². The number of amides is 1. The number of hydrogen-bond acceptors (Lipinski definition) is 4. The van der Waals surface area contributed by atoms with E-state index in [2.05, 4.69) is 20.2 Å². The molecular formula is C23H27ClN4O2. The Hall–Kier alpha value is -2.57. The highest BCUT2D eigenvalue weighted by Gasteiger charge is 2.16. The quantitative estimate of drug-likeness (QED) is 0.583. The molecule has 1 aromatic heterocycles. The zero-order valence-electron chi connectivity index (χ0n) is 17.2. The summed E-state index contributed by atoms with van der Waals surface area (Å²) in [7, 11) is 0. The fourth-order valence-electron chi connectivity index (χ4n) is 3.86. The molecule has 0 radical (unpaired) electrons. The third kappa shape index (κ3) is 4.77. The molecule has 0 unspecified atom stereocenters. The van der Waals surface area contributed by atoms with Gasteiger partial charge in [0, 0.05) is 23.7 Å². The molecule has 4 rings (SSSR count). The summed E-state index contributed by atoms with van der Waals surface area (Å²) in [6, 6.07) is 11.0. The van der Waals surface area contributed by atoms with Gasteiger partial charge in [0.1, 0.15) is 11.6 Å². The van der Waals surface area contributed by atoms with Crippen molar-refractivity contribution in [2.24, 2.45) is 0 Å². The van der Waals surface area contributed by atoms with Gasteiger partial charge in [0.2, 0.25) is 0 Å². The lowest BCUT2D eigenvalue weighted by molar-refractivity contribution is 0.0946. The molecule has 7 heteroatoms. The molecule has 30 heavy (non-hydrogen) atoms. The van der Waals surface area contributed by atoms with Crippen LogP contribution in [0.5, 0.6) is 5.75 Å². The second-order valence-corrected chi connectivity index (χ2v) is 7.99. The summed E-state index contributed by atoms with van der Waals surface area (Å²) in [6.07, 6.45) is 3.82. The number of ether oxygens (including phenoxy) is 1. The zero-order valence-corrected chi connectivity index (χ0v) is 18.0. The highest BCUT2D eigenvalue weighted by atomic mass is 35.5. The van der Waals surface area contributed by atoms with Crippen molar-refractivity contribution in [2.75, 3.05) is 32.8 Å². The number of imidazole rings is 1. The maximum absolute atomic E-state index is 12.6. The van der Waals surface area contributed by atoms with Gasteiger partial charge in [-0.1, -0.05) is 18.0 Å². The van der Waals surface area contributed by atoms with Crippen molar-refractivity contribution in [3.05, 3.63) is 47.0 Å². The molecule has 0 spiro atoms. The van der Waals surface area contributed by atoms with E-state index in [-0.39, 0.29) is 5.91 Å². The van der Waals surface area contributed by atoms with Crippen LogP contribution in [0.4, 0.5) is 0 Å². The number of hydrogen-bond donors (Lipinski definition) is 2. The van der Waals surface area contributed by atoms with Crippen molar-refractivity contribution in [3.63, 3.8) is 0 Å². The van der Waals surface area contributed by atoms with Gasteiger partial charge in [-0.2, -0.15) is 0 Å². The van der Waals surface area contributed by atoms with Crippen LogP contribution in [0.1, 0.15) is 36.5 Å². The second kappa shape index (κ2) is 9.49. The summed E-state index contributed by atoms with van der Waals surface area (Å²) >= 11 is 6.08. The van der Waals surface area contributed by atoms with Crippen LogP contribution in [0.25, 0.3) is 22.4 Å². The zero-order chi connectivity index (χ0) is 20.9. The summed E-state index contributed by atoms with van der Waals surface area (Å²) in [4.78, 5) is 23.0. The highest BCUT2D eigenvalue weighted by molar-refractivity contribution is 6.31. The lowest BCUT2D eigenvalue weighted by Gasteiger charge is -2.26. The van der Waals surface area contributed by atoms with Crippen molar-refractivity contribution >= 4 is 28.5 Å².